The molecule has 0 aromatic heterocycles. The SMILES string of the molecule is CCCC1CCC(N[C@@H](C)C2CCCCCC2)CC1. The summed E-state index contributed by atoms with van der Waals surface area (Å²) in [6.45, 7) is 4.78. The zero-order chi connectivity index (χ0) is 13.5. The molecule has 1 atom stereocenters. The van der Waals surface area contributed by atoms with Crippen LogP contribution in [-0.2, 0) is 0 Å². The Morgan fingerprint density at radius 2 is 1.53 bits per heavy atom. The zero-order valence-corrected chi connectivity index (χ0v) is 13.3. The van der Waals surface area contributed by atoms with Gasteiger partial charge in [-0.3, -0.25) is 0 Å². The molecule has 2 rings (SSSR count). The molecule has 112 valence electrons. The quantitative estimate of drug-likeness (QED) is 0.666. The van der Waals surface area contributed by atoms with Crippen LogP contribution in [-0.4, -0.2) is 12.1 Å². The predicted molar refractivity (Wildman–Crippen MR) is 84.4 cm³/mol. The summed E-state index contributed by atoms with van der Waals surface area (Å²) in [5.41, 5.74) is 0. The fourth-order valence-corrected chi connectivity index (χ4v) is 4.34. The van der Waals surface area contributed by atoms with Gasteiger partial charge in [0.05, 0.1) is 0 Å². The molecule has 0 radical (unpaired) electrons. The molecule has 19 heavy (non-hydrogen) atoms. The van der Waals surface area contributed by atoms with E-state index < -0.39 is 0 Å². The van der Waals surface area contributed by atoms with Gasteiger partial charge in [0.2, 0.25) is 0 Å². The van der Waals surface area contributed by atoms with Crippen molar-refractivity contribution in [2.24, 2.45) is 11.8 Å². The van der Waals surface area contributed by atoms with E-state index in [1.165, 1.54) is 77.0 Å². The lowest BCUT2D eigenvalue weighted by molar-refractivity contribution is 0.235. The fourth-order valence-electron chi connectivity index (χ4n) is 4.34. The fraction of sp³-hybridized carbons (Fsp3) is 1.00. The summed E-state index contributed by atoms with van der Waals surface area (Å²) in [6.07, 6.45) is 17.5. The zero-order valence-electron chi connectivity index (χ0n) is 13.3. The van der Waals surface area contributed by atoms with Crippen molar-refractivity contribution < 1.29 is 0 Å². The van der Waals surface area contributed by atoms with Crippen molar-refractivity contribution in [3.8, 4) is 0 Å². The molecule has 0 heterocycles. The van der Waals surface area contributed by atoms with Crippen LogP contribution >= 0.6 is 0 Å². The van der Waals surface area contributed by atoms with Crippen LogP contribution in [0.25, 0.3) is 0 Å². The summed E-state index contributed by atoms with van der Waals surface area (Å²) < 4.78 is 0. The highest BCUT2D eigenvalue weighted by Gasteiger charge is 2.25. The molecular formula is C18H35N. The standard InChI is InChI=1S/C18H35N/c1-3-8-16-11-13-18(14-12-16)19-15(2)17-9-6-4-5-7-10-17/h15-19H,3-14H2,1-2H3/t15-,16?,18?/m0/s1. The molecule has 1 N–H and O–H groups in total. The monoisotopic (exact) mass is 265 g/mol. The van der Waals surface area contributed by atoms with Crippen molar-refractivity contribution in [3.05, 3.63) is 0 Å². The van der Waals surface area contributed by atoms with E-state index in [1.807, 2.05) is 0 Å². The second kappa shape index (κ2) is 8.29. The van der Waals surface area contributed by atoms with Gasteiger partial charge in [0.1, 0.15) is 0 Å². The Morgan fingerprint density at radius 1 is 0.895 bits per heavy atom. The molecule has 2 saturated carbocycles. The molecule has 2 aliphatic rings. The number of rotatable bonds is 5. The van der Waals surface area contributed by atoms with Crippen LogP contribution in [0.1, 0.15) is 90.9 Å². The molecule has 0 aromatic carbocycles. The second-order valence-corrected chi connectivity index (χ2v) is 7.21. The Labute approximate surface area is 120 Å². The van der Waals surface area contributed by atoms with Gasteiger partial charge in [-0.25, -0.2) is 0 Å². The lowest BCUT2D eigenvalue weighted by Gasteiger charge is -2.33. The summed E-state index contributed by atoms with van der Waals surface area (Å²) in [5.74, 6) is 1.99. The van der Waals surface area contributed by atoms with E-state index in [-0.39, 0.29) is 0 Å². The van der Waals surface area contributed by atoms with Crippen LogP contribution in [0.4, 0.5) is 0 Å². The molecule has 2 fully saturated rings. The first-order chi connectivity index (χ1) is 9.29. The Morgan fingerprint density at radius 3 is 2.11 bits per heavy atom. The van der Waals surface area contributed by atoms with Gasteiger partial charge >= 0.3 is 0 Å². The molecular weight excluding hydrogens is 230 g/mol. The van der Waals surface area contributed by atoms with Crippen molar-refractivity contribution in [2.75, 3.05) is 0 Å². The highest BCUT2D eigenvalue weighted by atomic mass is 15.0. The van der Waals surface area contributed by atoms with Crippen LogP contribution in [0.2, 0.25) is 0 Å². The highest BCUT2D eigenvalue weighted by Crippen LogP contribution is 2.30. The third-order valence-electron chi connectivity index (χ3n) is 5.65. The summed E-state index contributed by atoms with van der Waals surface area (Å²) >= 11 is 0. The largest absolute Gasteiger partial charge is 0.311 e. The lowest BCUT2D eigenvalue weighted by Crippen LogP contribution is -2.42. The van der Waals surface area contributed by atoms with Crippen molar-refractivity contribution in [1.29, 1.82) is 0 Å². The van der Waals surface area contributed by atoms with Gasteiger partial charge in [-0.15, -0.1) is 0 Å². The smallest absolute Gasteiger partial charge is 0.00698 e. The van der Waals surface area contributed by atoms with E-state index in [0.29, 0.717) is 0 Å². The minimum atomic E-state index is 0.755. The van der Waals surface area contributed by atoms with Gasteiger partial charge in [0.15, 0.2) is 0 Å². The summed E-state index contributed by atoms with van der Waals surface area (Å²) in [7, 11) is 0. The Bertz CT molecular complexity index is 222. The second-order valence-electron chi connectivity index (χ2n) is 7.21. The summed E-state index contributed by atoms with van der Waals surface area (Å²) in [6, 6.07) is 1.58. The molecule has 0 saturated heterocycles. The first kappa shape index (κ1) is 15.4. The van der Waals surface area contributed by atoms with E-state index in [9.17, 15) is 0 Å². The van der Waals surface area contributed by atoms with Crippen LogP contribution in [0.15, 0.2) is 0 Å². The molecule has 1 heteroatoms. The maximum atomic E-state index is 3.98. The number of nitrogens with one attached hydrogen (secondary N) is 1. The maximum absolute atomic E-state index is 3.98. The van der Waals surface area contributed by atoms with Gasteiger partial charge in [-0.2, -0.15) is 0 Å². The maximum Gasteiger partial charge on any atom is 0.00698 e. The third kappa shape index (κ3) is 5.10. The topological polar surface area (TPSA) is 12.0 Å². The van der Waals surface area contributed by atoms with Gasteiger partial charge in [0.25, 0.3) is 0 Å². The van der Waals surface area contributed by atoms with Crippen LogP contribution in [0, 0.1) is 11.8 Å². The minimum Gasteiger partial charge on any atom is -0.311 e. The van der Waals surface area contributed by atoms with Crippen LogP contribution < -0.4 is 5.32 Å². The van der Waals surface area contributed by atoms with Crippen molar-refractivity contribution in [2.45, 2.75) is 103 Å². The lowest BCUT2D eigenvalue weighted by atomic mass is 9.82. The Hall–Kier alpha value is -0.0400. The Kier molecular flexibility index (Phi) is 6.70. The van der Waals surface area contributed by atoms with Gasteiger partial charge in [-0.1, -0.05) is 45.4 Å². The molecule has 0 amide bonds. The molecule has 1 nitrogen and oxygen atoms in total. The molecule has 2 aliphatic carbocycles. The number of hydrogen-bond acceptors (Lipinski definition) is 1. The van der Waals surface area contributed by atoms with Crippen molar-refractivity contribution in [1.82, 2.24) is 5.32 Å². The Balaban J connectivity index is 1.69. The first-order valence-corrected chi connectivity index (χ1v) is 9.05. The van der Waals surface area contributed by atoms with Crippen LogP contribution in [0.5, 0.6) is 0 Å². The number of hydrogen-bond donors (Lipinski definition) is 1. The van der Waals surface area contributed by atoms with E-state index in [2.05, 4.69) is 19.2 Å². The van der Waals surface area contributed by atoms with E-state index in [1.54, 1.807) is 0 Å². The molecule has 0 aromatic rings. The highest BCUT2D eigenvalue weighted by molar-refractivity contribution is 4.82. The molecule has 0 unspecified atom stereocenters. The minimum absolute atomic E-state index is 0.755. The van der Waals surface area contributed by atoms with Gasteiger partial charge in [0, 0.05) is 12.1 Å². The predicted octanol–water partition coefficient (Wildman–Crippen LogP) is 5.29. The average molecular weight is 265 g/mol. The molecule has 0 aliphatic heterocycles. The summed E-state index contributed by atoms with van der Waals surface area (Å²) in [4.78, 5) is 0. The summed E-state index contributed by atoms with van der Waals surface area (Å²) in [5, 5.41) is 3.98. The van der Waals surface area contributed by atoms with Gasteiger partial charge in [-0.05, 0) is 57.3 Å². The normalized spacial score (nSPS) is 31.9. The van der Waals surface area contributed by atoms with E-state index in [0.717, 1.165) is 23.9 Å². The third-order valence-corrected chi connectivity index (χ3v) is 5.65. The molecule has 0 bridgehead atoms. The van der Waals surface area contributed by atoms with Crippen LogP contribution in [0.3, 0.4) is 0 Å². The first-order valence-electron chi connectivity index (χ1n) is 9.05. The van der Waals surface area contributed by atoms with E-state index in [4.69, 9.17) is 0 Å². The van der Waals surface area contributed by atoms with Crippen molar-refractivity contribution >= 4 is 0 Å². The average Bonchev–Trinajstić information content (AvgIpc) is 2.70. The molecule has 0 spiro atoms. The van der Waals surface area contributed by atoms with Crippen molar-refractivity contribution in [3.63, 3.8) is 0 Å². The van der Waals surface area contributed by atoms with Gasteiger partial charge < -0.3 is 5.32 Å². The van der Waals surface area contributed by atoms with E-state index >= 15 is 0 Å².